The molecular weight excluding hydrogens is 378 g/mol. The van der Waals surface area contributed by atoms with E-state index in [1.165, 1.54) is 12.0 Å². The third-order valence-electron chi connectivity index (χ3n) is 4.99. The Morgan fingerprint density at radius 3 is 2.23 bits per heavy atom. The van der Waals surface area contributed by atoms with Gasteiger partial charge in [0, 0.05) is 11.1 Å². The van der Waals surface area contributed by atoms with Gasteiger partial charge < -0.3 is 4.74 Å². The van der Waals surface area contributed by atoms with Crippen LogP contribution in [0.4, 0.5) is 5.69 Å². The summed E-state index contributed by atoms with van der Waals surface area (Å²) in [6.07, 6.45) is 1.73. The third kappa shape index (κ3) is 3.42. The number of esters is 1. The number of methoxy groups -OCH3 is 1. The number of aryl methyl sites for hydroxylation is 1. The molecule has 5 nitrogen and oxygen atoms in total. The fourth-order valence-electron chi connectivity index (χ4n) is 3.49. The van der Waals surface area contributed by atoms with Crippen molar-refractivity contribution in [2.75, 3.05) is 12.0 Å². The highest BCUT2D eigenvalue weighted by atomic mass is 16.5. The molecule has 148 valence electrons. The first kappa shape index (κ1) is 19.3. The Morgan fingerprint density at radius 2 is 1.57 bits per heavy atom. The van der Waals surface area contributed by atoms with Crippen molar-refractivity contribution < 1.29 is 19.1 Å². The molecule has 1 aliphatic rings. The van der Waals surface area contributed by atoms with Gasteiger partial charge in [-0.15, -0.1) is 0 Å². The minimum atomic E-state index is -0.426. The number of nitrogens with zero attached hydrogens (tertiary/aromatic N) is 1. The van der Waals surface area contributed by atoms with Crippen LogP contribution in [0, 0.1) is 6.92 Å². The fraction of sp³-hybridized carbons (Fsp3) is 0.0800. The first-order chi connectivity index (χ1) is 14.5. The lowest BCUT2D eigenvalue weighted by Gasteiger charge is -2.29. The quantitative estimate of drug-likeness (QED) is 0.371. The van der Waals surface area contributed by atoms with Crippen molar-refractivity contribution in [2.45, 2.75) is 6.92 Å². The maximum atomic E-state index is 13.4. The van der Waals surface area contributed by atoms with E-state index in [0.29, 0.717) is 28.0 Å². The van der Waals surface area contributed by atoms with Crippen molar-refractivity contribution in [1.82, 2.24) is 0 Å². The van der Waals surface area contributed by atoms with E-state index in [2.05, 4.69) is 0 Å². The highest BCUT2D eigenvalue weighted by molar-refractivity contribution is 6.43. The number of ether oxygens (including phenoxy) is 1. The molecule has 1 heterocycles. The Kier molecular flexibility index (Phi) is 5.02. The van der Waals surface area contributed by atoms with Crippen LogP contribution in [0.2, 0.25) is 0 Å². The molecule has 0 aromatic heterocycles. The number of benzene rings is 3. The lowest BCUT2D eigenvalue weighted by molar-refractivity contribution is -0.112. The summed E-state index contributed by atoms with van der Waals surface area (Å²) >= 11 is 0. The molecule has 3 aromatic rings. The van der Waals surface area contributed by atoms with Gasteiger partial charge in [-0.3, -0.25) is 9.59 Å². The van der Waals surface area contributed by atoms with E-state index < -0.39 is 5.97 Å². The number of rotatable bonds is 3. The lowest BCUT2D eigenvalue weighted by atomic mass is 9.91. The Bertz CT molecular complexity index is 1190. The van der Waals surface area contributed by atoms with E-state index in [9.17, 15) is 14.4 Å². The fourth-order valence-corrected chi connectivity index (χ4v) is 3.49. The van der Waals surface area contributed by atoms with Crippen LogP contribution >= 0.6 is 0 Å². The average Bonchev–Trinajstić information content (AvgIpc) is 2.77. The van der Waals surface area contributed by atoms with E-state index in [4.69, 9.17) is 4.74 Å². The number of carbonyl (C=O) groups is 3. The van der Waals surface area contributed by atoms with Gasteiger partial charge in [-0.05, 0) is 60.0 Å². The number of hydrogen-bond donors (Lipinski definition) is 0. The van der Waals surface area contributed by atoms with Crippen LogP contribution < -0.4 is 4.90 Å². The number of imide groups is 1. The topological polar surface area (TPSA) is 63.7 Å². The number of amides is 2. The molecule has 4 rings (SSSR count). The van der Waals surface area contributed by atoms with Crippen LogP contribution in [0.1, 0.15) is 37.4 Å². The largest absolute Gasteiger partial charge is 0.465 e. The number of anilines is 1. The smallest absolute Gasteiger partial charge is 0.337 e. The number of hydrogen-bond acceptors (Lipinski definition) is 4. The zero-order valence-corrected chi connectivity index (χ0v) is 16.6. The summed E-state index contributed by atoms with van der Waals surface area (Å²) < 4.78 is 4.72. The monoisotopic (exact) mass is 397 g/mol. The Morgan fingerprint density at radius 1 is 0.867 bits per heavy atom. The minimum Gasteiger partial charge on any atom is -0.465 e. The van der Waals surface area contributed by atoms with Crippen molar-refractivity contribution >= 4 is 35.1 Å². The predicted molar refractivity (Wildman–Crippen MR) is 115 cm³/mol. The van der Waals surface area contributed by atoms with Gasteiger partial charge in [0.05, 0.1) is 18.4 Å². The minimum absolute atomic E-state index is 0.348. The first-order valence-electron chi connectivity index (χ1n) is 9.44. The van der Waals surface area contributed by atoms with Gasteiger partial charge in [-0.2, -0.15) is 0 Å². The number of carbonyl (C=O) groups excluding carboxylic acids is 3. The molecule has 1 aliphatic heterocycles. The van der Waals surface area contributed by atoms with Crippen LogP contribution in [0.3, 0.4) is 0 Å². The van der Waals surface area contributed by atoms with E-state index >= 15 is 0 Å². The zero-order chi connectivity index (χ0) is 21.3. The molecule has 0 atom stereocenters. The van der Waals surface area contributed by atoms with Crippen LogP contribution in [0.15, 0.2) is 72.8 Å². The molecule has 0 spiro atoms. The number of fused-ring (bicyclic) bond motifs is 1. The van der Waals surface area contributed by atoms with Gasteiger partial charge in [0.2, 0.25) is 0 Å². The van der Waals surface area contributed by atoms with Crippen molar-refractivity contribution in [3.8, 4) is 0 Å². The first-order valence-corrected chi connectivity index (χ1v) is 9.44. The molecule has 0 aliphatic carbocycles. The predicted octanol–water partition coefficient (Wildman–Crippen LogP) is 4.51. The molecule has 0 fully saturated rings. The van der Waals surface area contributed by atoms with Gasteiger partial charge in [-0.25, -0.2) is 9.69 Å². The summed E-state index contributed by atoms with van der Waals surface area (Å²) in [5.74, 6) is -1.16. The van der Waals surface area contributed by atoms with Gasteiger partial charge >= 0.3 is 5.97 Å². The standard InChI is InChI=1S/C25H19NO4/c1-16-6-5-7-19(14-16)26-23(27)21-9-4-3-8-20(21)22(24(26)28)15-17-10-12-18(13-11-17)25(29)30-2/h3-15H,1-2H3/b22-15+. The summed E-state index contributed by atoms with van der Waals surface area (Å²) in [7, 11) is 1.33. The summed E-state index contributed by atoms with van der Waals surface area (Å²) in [6.45, 7) is 1.91. The summed E-state index contributed by atoms with van der Waals surface area (Å²) in [4.78, 5) is 39.4. The van der Waals surface area contributed by atoms with Crippen LogP contribution in [0.25, 0.3) is 11.6 Å². The average molecular weight is 397 g/mol. The molecule has 2 amide bonds. The molecule has 0 saturated carbocycles. The summed E-state index contributed by atoms with van der Waals surface area (Å²) in [6, 6.07) is 21.1. The molecule has 0 N–H and O–H groups in total. The Balaban J connectivity index is 1.83. The molecule has 5 heteroatoms. The van der Waals surface area contributed by atoms with Gasteiger partial charge in [0.25, 0.3) is 11.8 Å². The second kappa shape index (κ2) is 7.79. The molecule has 0 saturated heterocycles. The second-order valence-electron chi connectivity index (χ2n) is 7.00. The van der Waals surface area contributed by atoms with Gasteiger partial charge in [-0.1, -0.05) is 42.5 Å². The van der Waals surface area contributed by atoms with Crippen molar-refractivity contribution in [1.29, 1.82) is 0 Å². The summed E-state index contributed by atoms with van der Waals surface area (Å²) in [5.41, 5.74) is 4.12. The maximum Gasteiger partial charge on any atom is 0.337 e. The Labute approximate surface area is 174 Å². The van der Waals surface area contributed by atoms with Gasteiger partial charge in [0.15, 0.2) is 0 Å². The highest BCUT2D eigenvalue weighted by Gasteiger charge is 2.35. The zero-order valence-electron chi connectivity index (χ0n) is 16.6. The SMILES string of the molecule is COC(=O)c1ccc(/C=C2/C(=O)N(c3cccc(C)c3)C(=O)c3ccccc32)cc1. The molecule has 0 unspecified atom stereocenters. The van der Waals surface area contributed by atoms with Crippen LogP contribution in [-0.4, -0.2) is 24.9 Å². The molecule has 0 bridgehead atoms. The van der Waals surface area contributed by atoms with Crippen molar-refractivity contribution in [3.63, 3.8) is 0 Å². The van der Waals surface area contributed by atoms with E-state index in [1.807, 2.05) is 25.1 Å². The normalized spacial score (nSPS) is 14.6. The van der Waals surface area contributed by atoms with E-state index in [-0.39, 0.29) is 11.8 Å². The molecule has 30 heavy (non-hydrogen) atoms. The van der Waals surface area contributed by atoms with E-state index in [1.54, 1.807) is 60.7 Å². The highest BCUT2D eigenvalue weighted by Crippen LogP contribution is 2.33. The Hall–Kier alpha value is -3.99. The van der Waals surface area contributed by atoms with Crippen LogP contribution in [0.5, 0.6) is 0 Å². The van der Waals surface area contributed by atoms with E-state index in [0.717, 1.165) is 11.1 Å². The van der Waals surface area contributed by atoms with Crippen molar-refractivity contribution in [3.05, 3.63) is 101 Å². The van der Waals surface area contributed by atoms with Gasteiger partial charge in [0.1, 0.15) is 0 Å². The van der Waals surface area contributed by atoms with Crippen molar-refractivity contribution in [2.24, 2.45) is 0 Å². The lowest BCUT2D eigenvalue weighted by Crippen LogP contribution is -2.41. The third-order valence-corrected chi connectivity index (χ3v) is 4.99. The summed E-state index contributed by atoms with van der Waals surface area (Å²) in [5, 5.41) is 0. The molecule has 0 radical (unpaired) electrons. The molecule has 3 aromatic carbocycles. The second-order valence-corrected chi connectivity index (χ2v) is 7.00. The molecular formula is C25H19NO4. The maximum absolute atomic E-state index is 13.4. The van der Waals surface area contributed by atoms with Crippen LogP contribution in [-0.2, 0) is 9.53 Å².